The highest BCUT2D eigenvalue weighted by Crippen LogP contribution is 2.13. The fourth-order valence-electron chi connectivity index (χ4n) is 1.78. The lowest BCUT2D eigenvalue weighted by Gasteiger charge is -2.16. The molecule has 0 saturated heterocycles. The van der Waals surface area contributed by atoms with Crippen molar-refractivity contribution in [1.82, 2.24) is 10.2 Å². The predicted octanol–water partition coefficient (Wildman–Crippen LogP) is 2.25. The zero-order valence-electron chi connectivity index (χ0n) is 12.0. The van der Waals surface area contributed by atoms with Crippen LogP contribution in [0.15, 0.2) is 16.7 Å². The molecule has 1 aromatic heterocycles. The molecule has 0 bridgehead atoms. The molecule has 0 unspecified atom stereocenters. The molecular formula is C14H26N2O2. The Balaban J connectivity index is 2.38. The van der Waals surface area contributed by atoms with Crippen LogP contribution in [-0.4, -0.2) is 38.3 Å². The van der Waals surface area contributed by atoms with E-state index in [2.05, 4.69) is 31.1 Å². The van der Waals surface area contributed by atoms with E-state index in [1.165, 1.54) is 5.56 Å². The zero-order valence-corrected chi connectivity index (χ0v) is 12.0. The first-order chi connectivity index (χ1) is 8.63. The van der Waals surface area contributed by atoms with Crippen LogP contribution in [-0.2, 0) is 17.8 Å². The Bertz CT molecular complexity index is 323. The average Bonchev–Trinajstić information content (AvgIpc) is 2.74. The summed E-state index contributed by atoms with van der Waals surface area (Å²) in [6, 6.07) is 2.54. The lowest BCUT2D eigenvalue weighted by atomic mass is 10.2. The average molecular weight is 254 g/mol. The second kappa shape index (κ2) is 8.29. The molecule has 0 amide bonds. The van der Waals surface area contributed by atoms with E-state index in [1.54, 1.807) is 13.4 Å². The van der Waals surface area contributed by atoms with Crippen LogP contribution < -0.4 is 5.32 Å². The summed E-state index contributed by atoms with van der Waals surface area (Å²) in [7, 11) is 3.85. The van der Waals surface area contributed by atoms with Crippen LogP contribution in [0.1, 0.15) is 31.6 Å². The topological polar surface area (TPSA) is 37.6 Å². The van der Waals surface area contributed by atoms with E-state index in [4.69, 9.17) is 9.15 Å². The van der Waals surface area contributed by atoms with Crippen LogP contribution in [0.3, 0.4) is 0 Å². The summed E-state index contributed by atoms with van der Waals surface area (Å²) in [5, 5.41) is 3.42. The SMILES string of the molecule is COCCCN(C)Cc1occc1CNC(C)C. The van der Waals surface area contributed by atoms with Crippen molar-refractivity contribution in [3.05, 3.63) is 23.7 Å². The van der Waals surface area contributed by atoms with Gasteiger partial charge in [-0.1, -0.05) is 13.8 Å². The Kier molecular flexibility index (Phi) is 7.01. The second-order valence-electron chi connectivity index (χ2n) is 4.99. The van der Waals surface area contributed by atoms with E-state index < -0.39 is 0 Å². The van der Waals surface area contributed by atoms with Crippen molar-refractivity contribution in [3.8, 4) is 0 Å². The molecule has 0 aliphatic carbocycles. The van der Waals surface area contributed by atoms with Crippen LogP contribution in [0.4, 0.5) is 0 Å². The lowest BCUT2D eigenvalue weighted by molar-refractivity contribution is 0.175. The number of nitrogens with zero attached hydrogens (tertiary/aromatic N) is 1. The molecule has 18 heavy (non-hydrogen) atoms. The Labute approximate surface area is 110 Å². The molecule has 4 nitrogen and oxygen atoms in total. The molecule has 0 atom stereocenters. The summed E-state index contributed by atoms with van der Waals surface area (Å²) in [6.45, 7) is 7.85. The summed E-state index contributed by atoms with van der Waals surface area (Å²) >= 11 is 0. The minimum atomic E-state index is 0.493. The van der Waals surface area contributed by atoms with Gasteiger partial charge in [-0.25, -0.2) is 0 Å². The highest BCUT2D eigenvalue weighted by molar-refractivity contribution is 5.16. The van der Waals surface area contributed by atoms with Gasteiger partial charge in [-0.15, -0.1) is 0 Å². The maximum absolute atomic E-state index is 5.56. The number of methoxy groups -OCH3 is 1. The largest absolute Gasteiger partial charge is 0.468 e. The molecule has 104 valence electrons. The summed E-state index contributed by atoms with van der Waals surface area (Å²) in [5.74, 6) is 1.06. The Morgan fingerprint density at radius 2 is 2.22 bits per heavy atom. The number of nitrogens with one attached hydrogen (secondary N) is 1. The molecule has 1 aromatic rings. The van der Waals surface area contributed by atoms with Crippen molar-refractivity contribution in [2.75, 3.05) is 27.3 Å². The van der Waals surface area contributed by atoms with Crippen LogP contribution in [0.25, 0.3) is 0 Å². The van der Waals surface area contributed by atoms with Crippen LogP contribution in [0.2, 0.25) is 0 Å². The molecule has 0 aromatic carbocycles. The van der Waals surface area contributed by atoms with E-state index >= 15 is 0 Å². The minimum Gasteiger partial charge on any atom is -0.468 e. The molecule has 0 spiro atoms. The molecule has 0 radical (unpaired) electrons. The van der Waals surface area contributed by atoms with Gasteiger partial charge >= 0.3 is 0 Å². The fourth-order valence-corrected chi connectivity index (χ4v) is 1.78. The van der Waals surface area contributed by atoms with Crippen LogP contribution in [0.5, 0.6) is 0 Å². The third-order valence-electron chi connectivity index (χ3n) is 2.84. The number of hydrogen-bond donors (Lipinski definition) is 1. The molecule has 4 heteroatoms. The highest BCUT2D eigenvalue weighted by atomic mass is 16.5. The van der Waals surface area contributed by atoms with Gasteiger partial charge in [0.15, 0.2) is 0 Å². The van der Waals surface area contributed by atoms with E-state index in [9.17, 15) is 0 Å². The van der Waals surface area contributed by atoms with Gasteiger partial charge in [-0.3, -0.25) is 4.90 Å². The molecular weight excluding hydrogens is 228 g/mol. The third kappa shape index (κ3) is 5.67. The standard InChI is InChI=1S/C14H26N2O2/c1-12(2)15-10-13-6-9-18-14(13)11-16(3)7-5-8-17-4/h6,9,12,15H,5,7-8,10-11H2,1-4H3. The third-order valence-corrected chi connectivity index (χ3v) is 2.84. The molecule has 0 aliphatic rings. The molecule has 0 aliphatic heterocycles. The number of ether oxygens (including phenoxy) is 1. The Morgan fingerprint density at radius 1 is 1.44 bits per heavy atom. The van der Waals surface area contributed by atoms with Crippen molar-refractivity contribution in [1.29, 1.82) is 0 Å². The van der Waals surface area contributed by atoms with Gasteiger partial charge in [0.2, 0.25) is 0 Å². The first-order valence-corrected chi connectivity index (χ1v) is 6.59. The normalized spacial score (nSPS) is 11.7. The van der Waals surface area contributed by atoms with Crippen molar-refractivity contribution < 1.29 is 9.15 Å². The van der Waals surface area contributed by atoms with E-state index in [-0.39, 0.29) is 0 Å². The summed E-state index contributed by atoms with van der Waals surface area (Å²) in [5.41, 5.74) is 1.25. The lowest BCUT2D eigenvalue weighted by Crippen LogP contribution is -2.24. The van der Waals surface area contributed by atoms with Gasteiger partial charge in [0.25, 0.3) is 0 Å². The summed E-state index contributed by atoms with van der Waals surface area (Å²) in [4.78, 5) is 2.26. The smallest absolute Gasteiger partial charge is 0.122 e. The molecule has 0 saturated carbocycles. The van der Waals surface area contributed by atoms with Gasteiger partial charge < -0.3 is 14.5 Å². The molecule has 1 rings (SSSR count). The monoisotopic (exact) mass is 254 g/mol. The molecule has 1 heterocycles. The zero-order chi connectivity index (χ0) is 13.4. The van der Waals surface area contributed by atoms with E-state index in [0.29, 0.717) is 6.04 Å². The first-order valence-electron chi connectivity index (χ1n) is 6.59. The maximum atomic E-state index is 5.56. The van der Waals surface area contributed by atoms with E-state index in [0.717, 1.165) is 38.4 Å². The van der Waals surface area contributed by atoms with Gasteiger partial charge in [0.05, 0.1) is 12.8 Å². The van der Waals surface area contributed by atoms with Crippen molar-refractivity contribution >= 4 is 0 Å². The van der Waals surface area contributed by atoms with Crippen LogP contribution >= 0.6 is 0 Å². The fraction of sp³-hybridized carbons (Fsp3) is 0.714. The quantitative estimate of drug-likeness (QED) is 0.686. The Morgan fingerprint density at radius 3 is 2.89 bits per heavy atom. The van der Waals surface area contributed by atoms with Gasteiger partial charge in [-0.05, 0) is 19.5 Å². The van der Waals surface area contributed by atoms with E-state index in [1.807, 2.05) is 6.07 Å². The van der Waals surface area contributed by atoms with Crippen molar-refractivity contribution in [3.63, 3.8) is 0 Å². The molecule has 1 N–H and O–H groups in total. The number of hydrogen-bond acceptors (Lipinski definition) is 4. The first kappa shape index (κ1) is 15.2. The van der Waals surface area contributed by atoms with Gasteiger partial charge in [0, 0.05) is 38.4 Å². The van der Waals surface area contributed by atoms with Crippen molar-refractivity contribution in [2.45, 2.75) is 39.4 Å². The number of rotatable bonds is 9. The second-order valence-corrected chi connectivity index (χ2v) is 4.99. The van der Waals surface area contributed by atoms with Gasteiger partial charge in [0.1, 0.15) is 5.76 Å². The number of furan rings is 1. The van der Waals surface area contributed by atoms with Crippen LogP contribution in [0, 0.1) is 0 Å². The van der Waals surface area contributed by atoms with Crippen molar-refractivity contribution in [2.24, 2.45) is 0 Å². The predicted molar refractivity (Wildman–Crippen MR) is 73.5 cm³/mol. The Hall–Kier alpha value is -0.840. The summed E-state index contributed by atoms with van der Waals surface area (Å²) in [6.07, 6.45) is 2.82. The van der Waals surface area contributed by atoms with Gasteiger partial charge in [-0.2, -0.15) is 0 Å². The maximum Gasteiger partial charge on any atom is 0.122 e. The molecule has 0 fully saturated rings. The minimum absolute atomic E-state index is 0.493. The highest BCUT2D eigenvalue weighted by Gasteiger charge is 2.09. The summed E-state index contributed by atoms with van der Waals surface area (Å²) < 4.78 is 10.6.